The van der Waals surface area contributed by atoms with E-state index in [0.29, 0.717) is 18.8 Å². The van der Waals surface area contributed by atoms with Crippen molar-refractivity contribution in [2.24, 2.45) is 7.05 Å². The number of carboxylic acid groups (broad SMARTS) is 1. The van der Waals surface area contributed by atoms with Gasteiger partial charge >= 0.3 is 5.97 Å². The first-order valence-electron chi connectivity index (χ1n) is 5.65. The van der Waals surface area contributed by atoms with E-state index in [4.69, 9.17) is 9.52 Å². The summed E-state index contributed by atoms with van der Waals surface area (Å²) < 4.78 is 7.08. The van der Waals surface area contributed by atoms with E-state index in [-0.39, 0.29) is 5.56 Å². The van der Waals surface area contributed by atoms with E-state index in [2.05, 4.69) is 10.3 Å². The number of hydrogen-bond donors (Lipinski definition) is 2. The van der Waals surface area contributed by atoms with Crippen molar-refractivity contribution >= 4 is 5.97 Å². The Kier molecular flexibility index (Phi) is 3.78. The molecule has 0 aliphatic carbocycles. The molecule has 2 aromatic rings. The Morgan fingerprint density at radius 2 is 2.44 bits per heavy atom. The minimum atomic E-state index is -0.968. The summed E-state index contributed by atoms with van der Waals surface area (Å²) in [5.41, 5.74) is 0.208. The molecule has 6 heteroatoms. The van der Waals surface area contributed by atoms with Gasteiger partial charge in [-0.15, -0.1) is 0 Å². The molecule has 0 aliphatic rings. The van der Waals surface area contributed by atoms with Crippen molar-refractivity contribution in [1.29, 1.82) is 0 Å². The maximum absolute atomic E-state index is 10.8. The Bertz CT molecular complexity index is 530. The second-order valence-corrected chi connectivity index (χ2v) is 3.94. The van der Waals surface area contributed by atoms with Crippen LogP contribution in [0.2, 0.25) is 0 Å². The summed E-state index contributed by atoms with van der Waals surface area (Å²) in [6.45, 7) is 1.11. The summed E-state index contributed by atoms with van der Waals surface area (Å²) >= 11 is 0. The molecule has 0 fully saturated rings. The molecular formula is C12H15N3O3. The van der Waals surface area contributed by atoms with Crippen LogP contribution in [0.1, 0.15) is 21.9 Å². The smallest absolute Gasteiger partial charge is 0.339 e. The summed E-state index contributed by atoms with van der Waals surface area (Å²) in [6, 6.07) is 1.46. The Morgan fingerprint density at radius 1 is 1.61 bits per heavy atom. The first-order chi connectivity index (χ1) is 8.68. The molecule has 0 spiro atoms. The third-order valence-electron chi connectivity index (χ3n) is 2.71. The molecule has 2 heterocycles. The van der Waals surface area contributed by atoms with E-state index >= 15 is 0 Å². The molecule has 0 atom stereocenters. The summed E-state index contributed by atoms with van der Waals surface area (Å²) in [4.78, 5) is 15.0. The van der Waals surface area contributed by atoms with Crippen LogP contribution in [-0.4, -0.2) is 27.2 Å². The van der Waals surface area contributed by atoms with E-state index in [0.717, 1.165) is 12.2 Å². The van der Waals surface area contributed by atoms with Crippen LogP contribution in [0.5, 0.6) is 0 Å². The van der Waals surface area contributed by atoms with Gasteiger partial charge in [0.2, 0.25) is 0 Å². The highest BCUT2D eigenvalue weighted by Gasteiger charge is 2.12. The fourth-order valence-corrected chi connectivity index (χ4v) is 1.71. The molecule has 0 radical (unpaired) electrons. The van der Waals surface area contributed by atoms with Crippen LogP contribution in [0.15, 0.2) is 29.1 Å². The van der Waals surface area contributed by atoms with Gasteiger partial charge in [-0.1, -0.05) is 0 Å². The monoisotopic (exact) mass is 249 g/mol. The molecule has 0 aliphatic heterocycles. The van der Waals surface area contributed by atoms with Crippen LogP contribution in [0.3, 0.4) is 0 Å². The van der Waals surface area contributed by atoms with Gasteiger partial charge in [0.05, 0.1) is 12.8 Å². The highest BCUT2D eigenvalue weighted by molar-refractivity contribution is 5.88. The molecular weight excluding hydrogens is 234 g/mol. The number of imidazole rings is 1. The Hall–Kier alpha value is -2.08. The number of nitrogens with zero attached hydrogens (tertiary/aromatic N) is 2. The van der Waals surface area contributed by atoms with Crippen molar-refractivity contribution in [1.82, 2.24) is 14.9 Å². The van der Waals surface area contributed by atoms with E-state index in [1.54, 1.807) is 6.20 Å². The lowest BCUT2D eigenvalue weighted by atomic mass is 10.2. The van der Waals surface area contributed by atoms with Crippen molar-refractivity contribution in [2.75, 3.05) is 6.54 Å². The number of nitrogens with one attached hydrogen (secondary N) is 1. The van der Waals surface area contributed by atoms with Crippen LogP contribution in [0.25, 0.3) is 0 Å². The Labute approximate surface area is 104 Å². The average Bonchev–Trinajstić information content (AvgIpc) is 2.94. The zero-order chi connectivity index (χ0) is 13.0. The number of hydrogen-bond acceptors (Lipinski definition) is 4. The predicted octanol–water partition coefficient (Wildman–Crippen LogP) is 1.04. The first-order valence-corrected chi connectivity index (χ1v) is 5.65. The molecule has 2 rings (SSSR count). The second kappa shape index (κ2) is 5.50. The average molecular weight is 249 g/mol. The highest BCUT2D eigenvalue weighted by Crippen LogP contribution is 2.09. The summed E-state index contributed by atoms with van der Waals surface area (Å²) in [6.07, 6.45) is 5.82. The maximum Gasteiger partial charge on any atom is 0.339 e. The number of carboxylic acids is 1. The molecule has 0 bridgehead atoms. The zero-order valence-corrected chi connectivity index (χ0v) is 10.1. The highest BCUT2D eigenvalue weighted by atomic mass is 16.4. The van der Waals surface area contributed by atoms with Crippen molar-refractivity contribution < 1.29 is 14.3 Å². The van der Waals surface area contributed by atoms with Crippen molar-refractivity contribution in [3.8, 4) is 0 Å². The second-order valence-electron chi connectivity index (χ2n) is 3.94. The number of aromatic carboxylic acids is 1. The van der Waals surface area contributed by atoms with E-state index < -0.39 is 5.97 Å². The summed E-state index contributed by atoms with van der Waals surface area (Å²) in [5, 5.41) is 12.0. The minimum absolute atomic E-state index is 0.208. The predicted molar refractivity (Wildman–Crippen MR) is 64.3 cm³/mol. The molecule has 2 N–H and O–H groups in total. The van der Waals surface area contributed by atoms with Gasteiger partial charge < -0.3 is 19.4 Å². The van der Waals surface area contributed by atoms with Crippen molar-refractivity contribution in [2.45, 2.75) is 13.0 Å². The standard InChI is InChI=1S/C12H15N3O3/c1-15-6-5-14-11(15)2-4-13-8-10-9(12(16)17)3-7-18-10/h3,5-7,13H,2,4,8H2,1H3,(H,16,17). The maximum atomic E-state index is 10.8. The molecule has 0 aromatic carbocycles. The van der Waals surface area contributed by atoms with Crippen LogP contribution in [-0.2, 0) is 20.0 Å². The van der Waals surface area contributed by atoms with Gasteiger partial charge in [0, 0.05) is 32.4 Å². The number of furan rings is 1. The van der Waals surface area contributed by atoms with Gasteiger partial charge in [-0.2, -0.15) is 0 Å². The van der Waals surface area contributed by atoms with Gasteiger partial charge in [0.15, 0.2) is 0 Å². The van der Waals surface area contributed by atoms with E-state index in [1.165, 1.54) is 12.3 Å². The van der Waals surface area contributed by atoms with Gasteiger partial charge in [0.25, 0.3) is 0 Å². The lowest BCUT2D eigenvalue weighted by molar-refractivity contribution is 0.0694. The topological polar surface area (TPSA) is 80.3 Å². The van der Waals surface area contributed by atoms with Gasteiger partial charge in [-0.3, -0.25) is 0 Å². The molecule has 0 unspecified atom stereocenters. The normalized spacial score (nSPS) is 10.7. The van der Waals surface area contributed by atoms with Crippen LogP contribution >= 0.6 is 0 Å². The molecule has 96 valence electrons. The fraction of sp³-hybridized carbons (Fsp3) is 0.333. The largest absolute Gasteiger partial charge is 0.478 e. The summed E-state index contributed by atoms with van der Waals surface area (Å²) in [5.74, 6) is 0.465. The first kappa shape index (κ1) is 12.4. The van der Waals surface area contributed by atoms with Gasteiger partial charge in [-0.25, -0.2) is 9.78 Å². The number of aryl methyl sites for hydroxylation is 1. The number of rotatable bonds is 6. The minimum Gasteiger partial charge on any atom is -0.478 e. The number of aromatic nitrogens is 2. The van der Waals surface area contributed by atoms with Gasteiger partial charge in [0.1, 0.15) is 17.1 Å². The fourth-order valence-electron chi connectivity index (χ4n) is 1.71. The molecule has 2 aromatic heterocycles. The molecule has 0 amide bonds. The Balaban J connectivity index is 1.80. The number of carbonyl (C=O) groups is 1. The third kappa shape index (κ3) is 2.78. The summed E-state index contributed by atoms with van der Waals surface area (Å²) in [7, 11) is 1.94. The molecule has 6 nitrogen and oxygen atoms in total. The van der Waals surface area contributed by atoms with E-state index in [1.807, 2.05) is 17.8 Å². The van der Waals surface area contributed by atoms with Crippen LogP contribution in [0.4, 0.5) is 0 Å². The lowest BCUT2D eigenvalue weighted by Crippen LogP contribution is -2.19. The SMILES string of the molecule is Cn1ccnc1CCNCc1occc1C(=O)O. The van der Waals surface area contributed by atoms with Crippen LogP contribution in [0, 0.1) is 0 Å². The Morgan fingerprint density at radius 3 is 3.11 bits per heavy atom. The zero-order valence-electron chi connectivity index (χ0n) is 10.1. The van der Waals surface area contributed by atoms with Gasteiger partial charge in [-0.05, 0) is 6.07 Å². The van der Waals surface area contributed by atoms with Crippen LogP contribution < -0.4 is 5.32 Å². The molecule has 18 heavy (non-hydrogen) atoms. The lowest BCUT2D eigenvalue weighted by Gasteiger charge is -2.04. The molecule has 0 saturated heterocycles. The van der Waals surface area contributed by atoms with Crippen molar-refractivity contribution in [3.05, 3.63) is 41.9 Å². The molecule has 0 saturated carbocycles. The van der Waals surface area contributed by atoms with Crippen molar-refractivity contribution in [3.63, 3.8) is 0 Å². The van der Waals surface area contributed by atoms with E-state index in [9.17, 15) is 4.79 Å². The quantitative estimate of drug-likeness (QED) is 0.748. The third-order valence-corrected chi connectivity index (χ3v) is 2.71.